The molecule has 1 aromatic carbocycles. The molecule has 1 aromatic heterocycles. The second-order valence-electron chi connectivity index (χ2n) is 6.79. The maximum Gasteiger partial charge on any atom is 0.161 e. The normalized spacial score (nSPS) is 28.7. The number of fused-ring (bicyclic) bond motifs is 1. The molecule has 156 valence electrons. The Bertz CT molecular complexity index is 878. The molecule has 0 radical (unpaired) electrons. The molecule has 1 fully saturated rings. The monoisotopic (exact) mass is 421 g/mol. The Morgan fingerprint density at radius 2 is 2.10 bits per heavy atom. The van der Waals surface area contributed by atoms with Crippen molar-refractivity contribution in [2.75, 3.05) is 6.54 Å². The van der Waals surface area contributed by atoms with Crippen molar-refractivity contribution in [1.29, 1.82) is 0 Å². The summed E-state index contributed by atoms with van der Waals surface area (Å²) in [5.41, 5.74) is 0.199. The number of phenolic OH excluding ortho intramolecular Hbond substituents is 1. The predicted octanol–water partition coefficient (Wildman–Crippen LogP) is 0.0903. The molecule has 4 rings (SSSR count). The highest BCUT2D eigenvalue weighted by molar-refractivity contribution is 8.14. The Morgan fingerprint density at radius 3 is 2.90 bits per heavy atom. The number of aromatic nitrogens is 3. The van der Waals surface area contributed by atoms with Crippen LogP contribution in [-0.4, -0.2) is 71.8 Å². The van der Waals surface area contributed by atoms with Crippen molar-refractivity contribution in [3.63, 3.8) is 0 Å². The van der Waals surface area contributed by atoms with Gasteiger partial charge in [-0.05, 0) is 19.1 Å². The Morgan fingerprint density at radius 1 is 1.28 bits per heavy atom. The summed E-state index contributed by atoms with van der Waals surface area (Å²) in [6, 6.07) is 6.17. The van der Waals surface area contributed by atoms with Crippen LogP contribution >= 0.6 is 11.8 Å². The lowest BCUT2D eigenvalue weighted by Crippen LogP contribution is -2.55. The van der Waals surface area contributed by atoms with Crippen molar-refractivity contribution in [2.24, 2.45) is 4.99 Å². The average molecular weight is 421 g/mol. The van der Waals surface area contributed by atoms with Crippen molar-refractivity contribution in [3.8, 4) is 11.5 Å². The summed E-state index contributed by atoms with van der Waals surface area (Å²) >= 11 is 1.41. The fraction of sp³-hybridized carbons (Fsp3) is 0.500. The number of hydrogen-bond donors (Lipinski definition) is 4. The molecule has 5 atom stereocenters. The van der Waals surface area contributed by atoms with Crippen molar-refractivity contribution < 1.29 is 24.8 Å². The van der Waals surface area contributed by atoms with Gasteiger partial charge in [0, 0.05) is 6.54 Å². The number of aliphatic imine (C=N–C) groups is 1. The quantitative estimate of drug-likeness (QED) is 0.512. The molecule has 0 spiro atoms. The Labute approximate surface area is 171 Å². The predicted molar refractivity (Wildman–Crippen MR) is 106 cm³/mol. The second kappa shape index (κ2) is 8.57. The number of nitrogens with zero attached hydrogens (tertiary/aromatic N) is 4. The van der Waals surface area contributed by atoms with E-state index in [2.05, 4.69) is 20.6 Å². The van der Waals surface area contributed by atoms with Crippen LogP contribution in [0.25, 0.3) is 0 Å². The van der Waals surface area contributed by atoms with Gasteiger partial charge in [0.1, 0.15) is 42.1 Å². The topological polar surface area (TPSA) is 134 Å². The zero-order valence-corrected chi connectivity index (χ0v) is 16.6. The first kappa shape index (κ1) is 20.0. The number of aliphatic hydroxyl groups excluding tert-OH is 2. The molecular weight excluding hydrogens is 398 g/mol. The lowest BCUT2D eigenvalue weighted by Gasteiger charge is -2.38. The van der Waals surface area contributed by atoms with Gasteiger partial charge in [0.05, 0.1) is 12.7 Å². The molecule has 11 heteroatoms. The summed E-state index contributed by atoms with van der Waals surface area (Å²) in [4.78, 5) is 4.40. The number of thioether (sulfide) groups is 1. The van der Waals surface area contributed by atoms with E-state index in [4.69, 9.17) is 9.47 Å². The molecule has 0 unspecified atom stereocenters. The van der Waals surface area contributed by atoms with E-state index in [9.17, 15) is 15.3 Å². The lowest BCUT2D eigenvalue weighted by molar-refractivity contribution is -0.157. The third kappa shape index (κ3) is 4.32. The maximum atomic E-state index is 10.5. The summed E-state index contributed by atoms with van der Waals surface area (Å²) in [5, 5.41) is 42.6. The molecule has 0 aliphatic carbocycles. The summed E-state index contributed by atoms with van der Waals surface area (Å²) in [7, 11) is 0. The number of aliphatic hydroxyl groups is 2. The Kier molecular flexibility index (Phi) is 5.90. The van der Waals surface area contributed by atoms with E-state index in [0.29, 0.717) is 16.6 Å². The molecule has 10 nitrogen and oxygen atoms in total. The van der Waals surface area contributed by atoms with Crippen LogP contribution in [0.4, 0.5) is 0 Å². The fourth-order valence-electron chi connectivity index (χ4n) is 3.23. The fourth-order valence-corrected chi connectivity index (χ4v) is 4.42. The second-order valence-corrected chi connectivity index (χ2v) is 7.87. The van der Waals surface area contributed by atoms with Gasteiger partial charge >= 0.3 is 0 Å². The van der Waals surface area contributed by atoms with Crippen LogP contribution in [-0.2, 0) is 17.9 Å². The van der Waals surface area contributed by atoms with Crippen molar-refractivity contribution in [3.05, 3.63) is 36.2 Å². The van der Waals surface area contributed by atoms with Gasteiger partial charge < -0.3 is 30.1 Å². The minimum absolute atomic E-state index is 0.0513. The first-order valence-electron chi connectivity index (χ1n) is 9.35. The van der Waals surface area contributed by atoms with Crippen LogP contribution in [0.2, 0.25) is 0 Å². The number of phenols is 1. The SMILES string of the molecule is CCNC1=N[C@@H]2[C@@H](O)[C@H](O)[C@@H](Cn3cc(COc4ccccc4O)nn3)O[C@@H]2S1. The largest absolute Gasteiger partial charge is 0.504 e. The van der Waals surface area contributed by atoms with Gasteiger partial charge in [0.15, 0.2) is 16.7 Å². The van der Waals surface area contributed by atoms with Crippen LogP contribution in [0.3, 0.4) is 0 Å². The van der Waals surface area contributed by atoms with E-state index in [1.807, 2.05) is 6.92 Å². The van der Waals surface area contributed by atoms with Crippen LogP contribution in [0, 0.1) is 0 Å². The summed E-state index contributed by atoms with van der Waals surface area (Å²) in [6.45, 7) is 3.04. The van der Waals surface area contributed by atoms with E-state index in [1.165, 1.54) is 16.4 Å². The summed E-state index contributed by atoms with van der Waals surface area (Å²) < 4.78 is 13.1. The molecule has 2 aromatic rings. The van der Waals surface area contributed by atoms with Crippen LogP contribution in [0.15, 0.2) is 35.5 Å². The number of aromatic hydroxyl groups is 1. The molecule has 0 saturated carbocycles. The van der Waals surface area contributed by atoms with Gasteiger partial charge in [-0.15, -0.1) is 5.10 Å². The molecule has 0 bridgehead atoms. The van der Waals surface area contributed by atoms with Crippen molar-refractivity contribution in [1.82, 2.24) is 20.3 Å². The first-order valence-corrected chi connectivity index (χ1v) is 10.2. The van der Waals surface area contributed by atoms with Crippen LogP contribution in [0.1, 0.15) is 12.6 Å². The zero-order valence-electron chi connectivity index (χ0n) is 15.8. The van der Waals surface area contributed by atoms with Gasteiger partial charge in [-0.1, -0.05) is 29.1 Å². The Balaban J connectivity index is 1.36. The highest BCUT2D eigenvalue weighted by Crippen LogP contribution is 2.36. The highest BCUT2D eigenvalue weighted by Gasteiger charge is 2.48. The molecule has 0 amide bonds. The van der Waals surface area contributed by atoms with Crippen molar-refractivity contribution in [2.45, 2.75) is 49.9 Å². The number of benzene rings is 1. The molecular formula is C18H23N5O5S. The lowest BCUT2D eigenvalue weighted by atomic mass is 9.98. The van der Waals surface area contributed by atoms with Gasteiger partial charge in [-0.25, -0.2) is 4.68 Å². The van der Waals surface area contributed by atoms with E-state index in [0.717, 1.165) is 6.54 Å². The third-order valence-corrected chi connectivity index (χ3v) is 5.78. The van der Waals surface area contributed by atoms with Gasteiger partial charge in [-0.3, -0.25) is 4.99 Å². The van der Waals surface area contributed by atoms with Crippen LogP contribution < -0.4 is 10.1 Å². The summed E-state index contributed by atoms with van der Waals surface area (Å²) in [5.74, 6) is 0.410. The minimum Gasteiger partial charge on any atom is -0.504 e. The van der Waals surface area contributed by atoms with E-state index < -0.39 is 24.4 Å². The van der Waals surface area contributed by atoms with E-state index in [1.54, 1.807) is 30.5 Å². The number of rotatable bonds is 6. The molecule has 4 N–H and O–H groups in total. The number of nitrogens with one attached hydrogen (secondary N) is 1. The number of para-hydroxylation sites is 2. The molecule has 1 saturated heterocycles. The average Bonchev–Trinajstić information content (AvgIpc) is 3.32. The third-order valence-electron chi connectivity index (χ3n) is 4.68. The molecule has 29 heavy (non-hydrogen) atoms. The standard InChI is InChI=1S/C18H23N5O5S/c1-2-19-18-20-14-16(26)15(25)13(28-17(14)29-18)8-23-7-10(21-22-23)9-27-12-6-4-3-5-11(12)24/h3-7,13-17,24-26H,2,8-9H2,1H3,(H,19,20)/t13-,14-,15-,16-,17-/m1/s1. The number of ether oxygens (including phenoxy) is 2. The van der Waals surface area contributed by atoms with Crippen LogP contribution in [0.5, 0.6) is 11.5 Å². The van der Waals surface area contributed by atoms with Gasteiger partial charge in [0.2, 0.25) is 0 Å². The summed E-state index contributed by atoms with van der Waals surface area (Å²) in [6.07, 6.45) is -1.08. The smallest absolute Gasteiger partial charge is 0.161 e. The number of amidine groups is 1. The van der Waals surface area contributed by atoms with E-state index >= 15 is 0 Å². The molecule has 3 heterocycles. The maximum absolute atomic E-state index is 10.5. The molecule has 2 aliphatic rings. The van der Waals surface area contributed by atoms with Gasteiger partial charge in [0.25, 0.3) is 0 Å². The Hall–Kier alpha value is -2.34. The minimum atomic E-state index is -1.09. The first-order chi connectivity index (χ1) is 14.0. The van der Waals surface area contributed by atoms with E-state index in [-0.39, 0.29) is 24.3 Å². The molecule has 2 aliphatic heterocycles. The highest BCUT2D eigenvalue weighted by atomic mass is 32.2. The number of hydrogen-bond acceptors (Lipinski definition) is 10. The van der Waals surface area contributed by atoms with Crippen molar-refractivity contribution >= 4 is 16.9 Å². The van der Waals surface area contributed by atoms with Gasteiger partial charge in [-0.2, -0.15) is 0 Å². The zero-order chi connectivity index (χ0) is 20.4.